The van der Waals surface area contributed by atoms with E-state index in [1.807, 2.05) is 18.2 Å². The first-order valence-electron chi connectivity index (χ1n) is 5.15. The van der Waals surface area contributed by atoms with Gasteiger partial charge in [0.2, 0.25) is 0 Å². The van der Waals surface area contributed by atoms with Crippen LogP contribution in [0.15, 0.2) is 23.1 Å². The molecule has 1 aromatic rings. The van der Waals surface area contributed by atoms with E-state index in [0.29, 0.717) is 23.7 Å². The topological polar surface area (TPSA) is 34.1 Å². The van der Waals surface area contributed by atoms with Gasteiger partial charge in [0.05, 0.1) is 10.8 Å². The molecule has 0 bridgehead atoms. The zero-order valence-electron chi connectivity index (χ0n) is 8.95. The van der Waals surface area contributed by atoms with Crippen LogP contribution in [0.4, 0.5) is 0 Å². The van der Waals surface area contributed by atoms with Crippen molar-refractivity contribution < 1.29 is 9.00 Å². The van der Waals surface area contributed by atoms with Crippen molar-refractivity contribution in [1.82, 2.24) is 0 Å². The smallest absolute Gasteiger partial charge is 0.165 e. The lowest BCUT2D eigenvalue weighted by molar-refractivity contribution is 0.0984. The summed E-state index contributed by atoms with van der Waals surface area (Å²) in [5, 5.41) is 0. The Bertz CT molecular complexity index is 435. The lowest BCUT2D eigenvalue weighted by Crippen LogP contribution is -2.17. The van der Waals surface area contributed by atoms with E-state index in [0.717, 1.165) is 10.5 Å². The first kappa shape index (κ1) is 10.6. The highest BCUT2D eigenvalue weighted by atomic mass is 32.2. The minimum absolute atomic E-state index is 0.132. The second-order valence-corrected chi connectivity index (χ2v) is 5.67. The molecule has 1 aliphatic rings. The average molecular weight is 222 g/mol. The Morgan fingerprint density at radius 2 is 2.07 bits per heavy atom. The number of ketones is 1. The molecule has 3 heteroatoms. The predicted octanol–water partition coefficient (Wildman–Crippen LogP) is 2.50. The van der Waals surface area contributed by atoms with Crippen molar-refractivity contribution in [2.45, 2.75) is 31.1 Å². The summed E-state index contributed by atoms with van der Waals surface area (Å²) < 4.78 is 11.7. The zero-order valence-corrected chi connectivity index (χ0v) is 9.76. The zero-order chi connectivity index (χ0) is 11.0. The number of rotatable bonds is 1. The van der Waals surface area contributed by atoms with Gasteiger partial charge in [0.1, 0.15) is 0 Å². The van der Waals surface area contributed by atoms with E-state index in [1.54, 1.807) is 0 Å². The van der Waals surface area contributed by atoms with Crippen molar-refractivity contribution in [1.29, 1.82) is 0 Å². The van der Waals surface area contributed by atoms with Crippen molar-refractivity contribution >= 4 is 16.6 Å². The first-order chi connectivity index (χ1) is 7.09. The number of carbonyl (C=O) groups is 1. The molecule has 0 spiro atoms. The van der Waals surface area contributed by atoms with Crippen LogP contribution >= 0.6 is 0 Å². The van der Waals surface area contributed by atoms with Gasteiger partial charge in [-0.05, 0) is 23.6 Å². The van der Waals surface area contributed by atoms with E-state index in [-0.39, 0.29) is 5.78 Å². The molecule has 2 nitrogen and oxygen atoms in total. The average Bonchev–Trinajstić information content (AvgIpc) is 2.23. The third-order valence-corrected chi connectivity index (χ3v) is 4.15. The van der Waals surface area contributed by atoms with E-state index in [4.69, 9.17) is 0 Å². The molecular weight excluding hydrogens is 208 g/mol. The molecule has 0 saturated heterocycles. The highest BCUT2D eigenvalue weighted by Crippen LogP contribution is 2.26. The summed E-state index contributed by atoms with van der Waals surface area (Å²) in [6, 6.07) is 5.72. The maximum absolute atomic E-state index is 11.7. The molecule has 80 valence electrons. The van der Waals surface area contributed by atoms with E-state index >= 15 is 0 Å². The largest absolute Gasteiger partial charge is 0.294 e. The molecule has 0 saturated carbocycles. The Labute approximate surface area is 92.2 Å². The predicted molar refractivity (Wildman–Crippen MR) is 60.8 cm³/mol. The number of carbonyl (C=O) groups excluding carboxylic acids is 1. The van der Waals surface area contributed by atoms with E-state index in [9.17, 15) is 9.00 Å². The van der Waals surface area contributed by atoms with Gasteiger partial charge in [0.25, 0.3) is 0 Å². The summed E-state index contributed by atoms with van der Waals surface area (Å²) in [5.74, 6) is 1.01. The van der Waals surface area contributed by atoms with Crippen LogP contribution in [0.1, 0.15) is 42.1 Å². The van der Waals surface area contributed by atoms with Gasteiger partial charge < -0.3 is 0 Å². The molecule has 1 atom stereocenters. The standard InChI is InChI=1S/C12H14O2S/c1-8(2)9-3-4-12-10(7-9)11(13)5-6-15(12)14/h3-4,7-8H,5-6H2,1-2H3. The molecule has 0 radical (unpaired) electrons. The van der Waals surface area contributed by atoms with E-state index < -0.39 is 10.8 Å². The molecule has 0 fully saturated rings. The Balaban J connectivity index is 2.54. The van der Waals surface area contributed by atoms with Crippen LogP contribution in [0.3, 0.4) is 0 Å². The van der Waals surface area contributed by atoms with Crippen molar-refractivity contribution in [3.05, 3.63) is 29.3 Å². The maximum atomic E-state index is 11.7. The number of hydrogen-bond acceptors (Lipinski definition) is 2. The quantitative estimate of drug-likeness (QED) is 0.731. The molecule has 1 aromatic carbocycles. The lowest BCUT2D eigenvalue weighted by atomic mass is 9.98. The van der Waals surface area contributed by atoms with Gasteiger partial charge in [-0.3, -0.25) is 9.00 Å². The normalized spacial score (nSPS) is 20.5. The number of fused-ring (bicyclic) bond motifs is 1. The fourth-order valence-electron chi connectivity index (χ4n) is 1.75. The van der Waals surface area contributed by atoms with Crippen LogP contribution in [0.25, 0.3) is 0 Å². The fraction of sp³-hybridized carbons (Fsp3) is 0.417. The van der Waals surface area contributed by atoms with Crippen molar-refractivity contribution in [3.8, 4) is 0 Å². The number of hydrogen-bond donors (Lipinski definition) is 0. The summed E-state index contributed by atoms with van der Waals surface area (Å²) in [6.45, 7) is 4.18. The van der Waals surface area contributed by atoms with Gasteiger partial charge in [-0.15, -0.1) is 0 Å². The monoisotopic (exact) mass is 222 g/mol. The Hall–Kier alpha value is -0.960. The van der Waals surface area contributed by atoms with Crippen molar-refractivity contribution in [2.24, 2.45) is 0 Å². The number of benzene rings is 1. The third kappa shape index (κ3) is 1.88. The van der Waals surface area contributed by atoms with Crippen LogP contribution in [0, 0.1) is 0 Å². The van der Waals surface area contributed by atoms with Gasteiger partial charge in [-0.1, -0.05) is 19.9 Å². The summed E-state index contributed by atoms with van der Waals surface area (Å²) in [5.41, 5.74) is 1.81. The highest BCUT2D eigenvalue weighted by Gasteiger charge is 2.22. The van der Waals surface area contributed by atoms with Gasteiger partial charge in [0.15, 0.2) is 5.78 Å². The second kappa shape index (κ2) is 3.89. The van der Waals surface area contributed by atoms with E-state index in [2.05, 4.69) is 13.8 Å². The summed E-state index contributed by atoms with van der Waals surface area (Å²) >= 11 is 0. The maximum Gasteiger partial charge on any atom is 0.165 e. The van der Waals surface area contributed by atoms with Crippen LogP contribution in [0.2, 0.25) is 0 Å². The van der Waals surface area contributed by atoms with Crippen LogP contribution in [0.5, 0.6) is 0 Å². The summed E-state index contributed by atoms with van der Waals surface area (Å²) in [7, 11) is -0.978. The minimum atomic E-state index is -0.978. The molecule has 1 heterocycles. The molecule has 0 amide bonds. The molecule has 1 unspecified atom stereocenters. The number of Topliss-reactive ketones (excluding diaryl/α,β-unsaturated/α-hetero) is 1. The lowest BCUT2D eigenvalue weighted by Gasteiger charge is -2.16. The summed E-state index contributed by atoms with van der Waals surface area (Å²) in [6.07, 6.45) is 0.418. The van der Waals surface area contributed by atoms with Gasteiger partial charge in [-0.25, -0.2) is 0 Å². The van der Waals surface area contributed by atoms with Crippen LogP contribution in [-0.4, -0.2) is 15.7 Å². The third-order valence-electron chi connectivity index (χ3n) is 2.73. The van der Waals surface area contributed by atoms with Gasteiger partial charge in [0, 0.05) is 22.6 Å². The molecule has 1 aliphatic heterocycles. The molecule has 2 rings (SSSR count). The van der Waals surface area contributed by atoms with Crippen LogP contribution < -0.4 is 0 Å². The fourth-order valence-corrected chi connectivity index (χ4v) is 2.98. The van der Waals surface area contributed by atoms with Crippen LogP contribution in [-0.2, 0) is 10.8 Å². The van der Waals surface area contributed by atoms with Gasteiger partial charge >= 0.3 is 0 Å². The molecule has 15 heavy (non-hydrogen) atoms. The van der Waals surface area contributed by atoms with Gasteiger partial charge in [-0.2, -0.15) is 0 Å². The molecular formula is C12H14O2S. The first-order valence-corrected chi connectivity index (χ1v) is 6.47. The minimum Gasteiger partial charge on any atom is -0.294 e. The molecule has 0 aliphatic carbocycles. The molecule has 0 aromatic heterocycles. The second-order valence-electron chi connectivity index (χ2n) is 4.13. The van der Waals surface area contributed by atoms with Crippen molar-refractivity contribution in [3.63, 3.8) is 0 Å². The highest BCUT2D eigenvalue weighted by molar-refractivity contribution is 7.85. The SMILES string of the molecule is CC(C)c1ccc2c(c1)C(=O)CCS2=O. The van der Waals surface area contributed by atoms with E-state index in [1.165, 1.54) is 0 Å². The molecule has 0 N–H and O–H groups in total. The Morgan fingerprint density at radius 3 is 2.73 bits per heavy atom. The Morgan fingerprint density at radius 1 is 1.33 bits per heavy atom. The van der Waals surface area contributed by atoms with Crippen molar-refractivity contribution in [2.75, 3.05) is 5.75 Å². The Kier molecular flexibility index (Phi) is 2.74. The summed E-state index contributed by atoms with van der Waals surface area (Å²) in [4.78, 5) is 12.4.